The van der Waals surface area contributed by atoms with E-state index >= 15 is 0 Å². The van der Waals surface area contributed by atoms with E-state index in [4.69, 9.17) is 9.47 Å². The fourth-order valence-corrected chi connectivity index (χ4v) is 5.33. The van der Waals surface area contributed by atoms with E-state index in [9.17, 15) is 17.9 Å². The van der Waals surface area contributed by atoms with Gasteiger partial charge in [-0.25, -0.2) is 17.8 Å². The third kappa shape index (κ3) is 4.13. The van der Waals surface area contributed by atoms with E-state index in [0.29, 0.717) is 45.1 Å². The summed E-state index contributed by atoms with van der Waals surface area (Å²) in [4.78, 5) is 8.19. The minimum absolute atomic E-state index is 0.0167. The van der Waals surface area contributed by atoms with Crippen molar-refractivity contribution < 1.29 is 27.4 Å². The molecule has 0 fully saturated rings. The third-order valence-corrected chi connectivity index (χ3v) is 7.82. The Balaban J connectivity index is 1.95. The molecule has 0 amide bonds. The van der Waals surface area contributed by atoms with Gasteiger partial charge < -0.3 is 14.6 Å². The van der Waals surface area contributed by atoms with Gasteiger partial charge in [0.15, 0.2) is 6.79 Å². The van der Waals surface area contributed by atoms with Gasteiger partial charge in [0.05, 0.1) is 16.7 Å². The molecular weight excluding hydrogens is 499 g/mol. The van der Waals surface area contributed by atoms with Crippen molar-refractivity contribution in [2.24, 2.45) is 7.05 Å². The maximum Gasteiger partial charge on any atom is 0.250 e. The van der Waals surface area contributed by atoms with Gasteiger partial charge in [0.2, 0.25) is 15.7 Å². The van der Waals surface area contributed by atoms with Crippen molar-refractivity contribution in [3.63, 3.8) is 0 Å². The molecule has 0 radical (unpaired) electrons. The van der Waals surface area contributed by atoms with Gasteiger partial charge in [-0.3, -0.25) is 4.68 Å². The predicted octanol–water partition coefficient (Wildman–Crippen LogP) is 4.52. The van der Waals surface area contributed by atoms with Crippen molar-refractivity contribution in [3.8, 4) is 22.8 Å². The average Bonchev–Trinajstić information content (AvgIpc) is 3.27. The van der Waals surface area contributed by atoms with E-state index in [1.54, 1.807) is 36.1 Å². The van der Waals surface area contributed by atoms with Gasteiger partial charge in [-0.1, -0.05) is 19.9 Å². The summed E-state index contributed by atoms with van der Waals surface area (Å²) >= 11 is 0. The Bertz CT molecular complexity index is 1800. The first-order valence-electron chi connectivity index (χ1n) is 11.7. The Morgan fingerprint density at radius 2 is 1.86 bits per heavy atom. The Kier molecular flexibility index (Phi) is 6.20. The van der Waals surface area contributed by atoms with Crippen LogP contribution in [-0.2, 0) is 28.0 Å². The van der Waals surface area contributed by atoms with Crippen LogP contribution in [0, 0.1) is 5.82 Å². The highest BCUT2D eigenvalue weighted by molar-refractivity contribution is 7.91. The van der Waals surface area contributed by atoms with Crippen LogP contribution >= 0.6 is 0 Å². The number of benzene rings is 3. The van der Waals surface area contributed by atoms with Crippen molar-refractivity contribution in [3.05, 3.63) is 47.9 Å². The van der Waals surface area contributed by atoms with E-state index < -0.39 is 20.9 Å². The molecule has 2 aromatic heterocycles. The van der Waals surface area contributed by atoms with Crippen LogP contribution in [0.5, 0.6) is 11.6 Å². The zero-order chi connectivity index (χ0) is 26.5. The summed E-state index contributed by atoms with van der Waals surface area (Å²) in [5.74, 6) is -0.509. The zero-order valence-electron chi connectivity index (χ0n) is 20.7. The lowest BCUT2D eigenvalue weighted by Crippen LogP contribution is -2.09. The number of hydrogen-bond donors (Lipinski definition) is 1. The molecule has 192 valence electrons. The number of sulfone groups is 1. The molecule has 0 aliphatic carbocycles. The molecule has 0 bridgehead atoms. The van der Waals surface area contributed by atoms with Crippen LogP contribution in [0.25, 0.3) is 43.7 Å². The summed E-state index contributed by atoms with van der Waals surface area (Å²) in [6, 6.07) is 8.35. The molecule has 5 aromatic rings. The summed E-state index contributed by atoms with van der Waals surface area (Å²) in [7, 11) is -0.544. The average molecular weight is 525 g/mol. The first kappa shape index (κ1) is 24.8. The first-order valence-corrected chi connectivity index (χ1v) is 13.3. The minimum Gasteiger partial charge on any atom is -0.493 e. The van der Waals surface area contributed by atoms with Crippen LogP contribution in [0.1, 0.15) is 19.4 Å². The van der Waals surface area contributed by atoms with Gasteiger partial charge in [0.1, 0.15) is 17.1 Å². The second-order valence-electron chi connectivity index (χ2n) is 8.62. The fourth-order valence-electron chi connectivity index (χ4n) is 4.61. The molecule has 0 saturated heterocycles. The lowest BCUT2D eigenvalue weighted by molar-refractivity contribution is 0.0512. The molecule has 11 heteroatoms. The van der Waals surface area contributed by atoms with Crippen molar-refractivity contribution in [1.29, 1.82) is 0 Å². The van der Waals surface area contributed by atoms with Crippen molar-refractivity contribution in [2.45, 2.75) is 25.4 Å². The highest BCUT2D eigenvalue weighted by Crippen LogP contribution is 2.42. The number of rotatable bonds is 7. The largest absolute Gasteiger partial charge is 0.493 e. The van der Waals surface area contributed by atoms with Gasteiger partial charge >= 0.3 is 0 Å². The number of aromatic nitrogens is 4. The SMILES string of the molecule is CCc1c(F)ccc2cc(OCOC)cc(-c3cc4nc(S(=O)(=O)CC)nc(O)c4c4cn(C)nc34)c12. The first-order chi connectivity index (χ1) is 17.7. The molecule has 0 spiro atoms. The third-order valence-electron chi connectivity index (χ3n) is 6.32. The molecule has 0 aliphatic rings. The molecule has 0 unspecified atom stereocenters. The number of ether oxygens (including phenoxy) is 2. The highest BCUT2D eigenvalue weighted by Gasteiger charge is 2.24. The summed E-state index contributed by atoms with van der Waals surface area (Å²) in [5.41, 5.74) is 2.46. The highest BCUT2D eigenvalue weighted by atomic mass is 32.2. The maximum absolute atomic E-state index is 15.0. The summed E-state index contributed by atoms with van der Waals surface area (Å²) in [6.07, 6.45) is 2.14. The monoisotopic (exact) mass is 524 g/mol. The Labute approximate surface area is 212 Å². The minimum atomic E-state index is -3.79. The van der Waals surface area contributed by atoms with Crippen LogP contribution in [0.2, 0.25) is 0 Å². The smallest absolute Gasteiger partial charge is 0.250 e. The van der Waals surface area contributed by atoms with Crippen LogP contribution in [0.3, 0.4) is 0 Å². The molecule has 1 N–H and O–H groups in total. The predicted molar refractivity (Wildman–Crippen MR) is 138 cm³/mol. The van der Waals surface area contributed by atoms with Gasteiger partial charge in [-0.15, -0.1) is 0 Å². The normalized spacial score (nSPS) is 12.1. The fraction of sp³-hybridized carbons (Fsp3) is 0.269. The van der Waals surface area contributed by atoms with Crippen LogP contribution in [0.15, 0.2) is 41.7 Å². The lowest BCUT2D eigenvalue weighted by Gasteiger charge is -2.16. The molecule has 9 nitrogen and oxygen atoms in total. The number of hydrogen-bond acceptors (Lipinski definition) is 8. The number of methoxy groups -OCH3 is 1. The molecule has 37 heavy (non-hydrogen) atoms. The van der Waals surface area contributed by atoms with Gasteiger partial charge in [0.25, 0.3) is 5.16 Å². The van der Waals surface area contributed by atoms with Crippen LogP contribution in [0.4, 0.5) is 4.39 Å². The van der Waals surface area contributed by atoms with Gasteiger partial charge in [-0.2, -0.15) is 10.1 Å². The van der Waals surface area contributed by atoms with Gasteiger partial charge in [0, 0.05) is 31.3 Å². The van der Waals surface area contributed by atoms with E-state index in [-0.39, 0.29) is 29.3 Å². The number of halogens is 1. The Morgan fingerprint density at radius 3 is 2.57 bits per heavy atom. The van der Waals surface area contributed by atoms with Crippen molar-refractivity contribution in [2.75, 3.05) is 19.7 Å². The van der Waals surface area contributed by atoms with E-state index in [1.165, 1.54) is 20.1 Å². The van der Waals surface area contributed by atoms with E-state index in [0.717, 1.165) is 5.39 Å². The molecule has 0 aliphatic heterocycles. The number of aromatic hydroxyl groups is 1. The van der Waals surface area contributed by atoms with Gasteiger partial charge in [-0.05, 0) is 52.6 Å². The van der Waals surface area contributed by atoms with Crippen LogP contribution in [-0.4, -0.2) is 52.9 Å². The Morgan fingerprint density at radius 1 is 1.08 bits per heavy atom. The van der Waals surface area contributed by atoms with E-state index in [2.05, 4.69) is 15.1 Å². The van der Waals surface area contributed by atoms with E-state index in [1.807, 2.05) is 13.0 Å². The molecule has 3 aromatic carbocycles. The van der Waals surface area contributed by atoms with Crippen molar-refractivity contribution in [1.82, 2.24) is 19.7 Å². The second kappa shape index (κ2) is 9.24. The lowest BCUT2D eigenvalue weighted by atomic mass is 9.91. The van der Waals surface area contributed by atoms with Crippen LogP contribution < -0.4 is 4.74 Å². The zero-order valence-corrected chi connectivity index (χ0v) is 21.6. The second-order valence-corrected chi connectivity index (χ2v) is 10.8. The Hall–Kier alpha value is -3.83. The van der Waals surface area contributed by atoms with Crippen molar-refractivity contribution >= 4 is 42.4 Å². The quantitative estimate of drug-likeness (QED) is 0.244. The molecule has 0 atom stereocenters. The molecule has 0 saturated carbocycles. The maximum atomic E-state index is 15.0. The standard InChI is InChI=1S/C26H25FN4O5S/c1-5-16-20(27)8-7-14-9-15(36-13-35-4)10-17(22(14)16)18-11-21-23(19-12-31(3)30-24(18)19)25(32)29-26(28-21)37(33,34)6-2/h7-12H,5-6,13H2,1-4H3,(H,28,29,32). The molecule has 2 heterocycles. The number of fused-ring (bicyclic) bond motifs is 4. The summed E-state index contributed by atoms with van der Waals surface area (Å²) in [6.45, 7) is 3.37. The molecule has 5 rings (SSSR count). The summed E-state index contributed by atoms with van der Waals surface area (Å²) < 4.78 is 52.4. The number of nitrogens with zero attached hydrogens (tertiary/aromatic N) is 4. The summed E-state index contributed by atoms with van der Waals surface area (Å²) in [5, 5.41) is 17.2. The molecular formula is C26H25FN4O5S. The number of aryl methyl sites for hydroxylation is 2. The topological polar surface area (TPSA) is 116 Å².